The van der Waals surface area contributed by atoms with Gasteiger partial charge in [0.2, 0.25) is 0 Å². The van der Waals surface area contributed by atoms with E-state index in [2.05, 4.69) is 4.98 Å². The number of nitrogen functional groups attached to an aromatic ring is 1. The monoisotopic (exact) mass is 263 g/mol. The summed E-state index contributed by atoms with van der Waals surface area (Å²) in [5.41, 5.74) is 6.47. The van der Waals surface area contributed by atoms with Gasteiger partial charge in [0.15, 0.2) is 11.5 Å². The van der Waals surface area contributed by atoms with Crippen molar-refractivity contribution in [2.45, 2.75) is 32.1 Å². The molecule has 0 saturated heterocycles. The van der Waals surface area contributed by atoms with Gasteiger partial charge in [-0.25, -0.2) is 9.78 Å². The van der Waals surface area contributed by atoms with E-state index in [1.807, 2.05) is 11.9 Å². The molecule has 0 atom stereocenters. The second-order valence-electron chi connectivity index (χ2n) is 5.30. The molecule has 1 saturated carbocycles. The molecule has 1 aliphatic carbocycles. The molecule has 0 unspecified atom stereocenters. The third kappa shape index (κ3) is 3.36. The van der Waals surface area contributed by atoms with Gasteiger partial charge in [-0.3, -0.25) is 0 Å². The first-order chi connectivity index (χ1) is 9.08. The number of anilines is 2. The van der Waals surface area contributed by atoms with E-state index < -0.39 is 5.97 Å². The molecule has 5 heteroatoms. The lowest BCUT2D eigenvalue weighted by molar-refractivity contribution is 0.0690. The van der Waals surface area contributed by atoms with E-state index in [0.717, 1.165) is 6.54 Å². The molecule has 0 spiro atoms. The standard InChI is InChI=1S/C14H21N3O2/c1-17(9-10-5-3-2-4-6-10)13-11(15)7-8-12(16-13)14(18)19/h7-8,10H,2-6,9,15H2,1H3,(H,18,19). The van der Waals surface area contributed by atoms with Gasteiger partial charge in [0.1, 0.15) is 0 Å². The van der Waals surface area contributed by atoms with Crippen molar-refractivity contribution in [1.82, 2.24) is 4.98 Å². The number of carbonyl (C=O) groups is 1. The summed E-state index contributed by atoms with van der Waals surface area (Å²) in [6.07, 6.45) is 6.38. The van der Waals surface area contributed by atoms with Crippen LogP contribution >= 0.6 is 0 Å². The molecule has 1 heterocycles. The van der Waals surface area contributed by atoms with Crippen molar-refractivity contribution in [3.8, 4) is 0 Å². The number of aromatic nitrogens is 1. The molecule has 0 bridgehead atoms. The predicted molar refractivity (Wildman–Crippen MR) is 75.5 cm³/mol. The molecule has 1 aliphatic rings. The van der Waals surface area contributed by atoms with Crippen LogP contribution in [-0.2, 0) is 0 Å². The lowest BCUT2D eigenvalue weighted by Gasteiger charge is -2.28. The molecular weight excluding hydrogens is 242 g/mol. The summed E-state index contributed by atoms with van der Waals surface area (Å²) in [6.45, 7) is 0.889. The molecule has 0 aromatic carbocycles. The van der Waals surface area contributed by atoms with Crippen LogP contribution in [0.1, 0.15) is 42.6 Å². The quantitative estimate of drug-likeness (QED) is 0.871. The first-order valence-electron chi connectivity index (χ1n) is 6.79. The van der Waals surface area contributed by atoms with Gasteiger partial charge < -0.3 is 15.7 Å². The Labute approximate surface area is 113 Å². The van der Waals surface area contributed by atoms with Gasteiger partial charge in [-0.05, 0) is 30.9 Å². The van der Waals surface area contributed by atoms with E-state index in [0.29, 0.717) is 17.4 Å². The molecule has 104 valence electrons. The Hall–Kier alpha value is -1.78. The Morgan fingerprint density at radius 1 is 1.42 bits per heavy atom. The van der Waals surface area contributed by atoms with E-state index in [1.165, 1.54) is 38.2 Å². The van der Waals surface area contributed by atoms with Crippen LogP contribution in [0.2, 0.25) is 0 Å². The smallest absolute Gasteiger partial charge is 0.354 e. The van der Waals surface area contributed by atoms with Crippen molar-refractivity contribution in [2.75, 3.05) is 24.2 Å². The highest BCUT2D eigenvalue weighted by Gasteiger charge is 2.18. The summed E-state index contributed by atoms with van der Waals surface area (Å²) in [6, 6.07) is 3.05. The minimum Gasteiger partial charge on any atom is -0.477 e. The van der Waals surface area contributed by atoms with Gasteiger partial charge in [-0.1, -0.05) is 19.3 Å². The number of aromatic carboxylic acids is 1. The Bertz CT molecular complexity index is 456. The van der Waals surface area contributed by atoms with Gasteiger partial charge >= 0.3 is 5.97 Å². The van der Waals surface area contributed by atoms with Crippen LogP contribution in [0, 0.1) is 5.92 Å². The number of nitrogens with zero attached hydrogens (tertiary/aromatic N) is 2. The highest BCUT2D eigenvalue weighted by atomic mass is 16.4. The molecule has 1 aromatic heterocycles. The van der Waals surface area contributed by atoms with Gasteiger partial charge in [0, 0.05) is 13.6 Å². The fraction of sp³-hybridized carbons (Fsp3) is 0.571. The number of carboxylic acids is 1. The van der Waals surface area contributed by atoms with E-state index in [9.17, 15) is 4.79 Å². The third-order valence-electron chi connectivity index (χ3n) is 3.74. The molecule has 19 heavy (non-hydrogen) atoms. The minimum absolute atomic E-state index is 0.0414. The first-order valence-corrected chi connectivity index (χ1v) is 6.79. The molecular formula is C14H21N3O2. The van der Waals surface area contributed by atoms with Gasteiger partial charge in [-0.15, -0.1) is 0 Å². The highest BCUT2D eigenvalue weighted by Crippen LogP contribution is 2.27. The maximum Gasteiger partial charge on any atom is 0.354 e. The van der Waals surface area contributed by atoms with Crippen LogP contribution < -0.4 is 10.6 Å². The van der Waals surface area contributed by atoms with Crippen molar-refractivity contribution < 1.29 is 9.90 Å². The molecule has 5 nitrogen and oxygen atoms in total. The maximum absolute atomic E-state index is 11.0. The Balaban J connectivity index is 2.10. The molecule has 1 aromatic rings. The predicted octanol–water partition coefficient (Wildman–Crippen LogP) is 2.38. The maximum atomic E-state index is 11.0. The van der Waals surface area contributed by atoms with Crippen molar-refractivity contribution in [3.63, 3.8) is 0 Å². The second-order valence-corrected chi connectivity index (χ2v) is 5.30. The van der Waals surface area contributed by atoms with Crippen molar-refractivity contribution in [1.29, 1.82) is 0 Å². The Kier molecular flexibility index (Phi) is 4.24. The first kappa shape index (κ1) is 13.6. The number of rotatable bonds is 4. The van der Waals surface area contributed by atoms with Crippen LogP contribution in [0.25, 0.3) is 0 Å². The minimum atomic E-state index is -1.02. The van der Waals surface area contributed by atoms with Gasteiger partial charge in [-0.2, -0.15) is 0 Å². The lowest BCUT2D eigenvalue weighted by Crippen LogP contribution is -2.28. The summed E-state index contributed by atoms with van der Waals surface area (Å²) < 4.78 is 0. The average Bonchev–Trinajstić information content (AvgIpc) is 2.40. The largest absolute Gasteiger partial charge is 0.477 e. The van der Waals surface area contributed by atoms with Crippen LogP contribution in [0.3, 0.4) is 0 Å². The normalized spacial score (nSPS) is 16.3. The van der Waals surface area contributed by atoms with Crippen LogP contribution in [0.4, 0.5) is 11.5 Å². The molecule has 0 aliphatic heterocycles. The van der Waals surface area contributed by atoms with E-state index in [1.54, 1.807) is 6.07 Å². The van der Waals surface area contributed by atoms with Crippen LogP contribution in [0.15, 0.2) is 12.1 Å². The van der Waals surface area contributed by atoms with Crippen molar-refractivity contribution in [3.05, 3.63) is 17.8 Å². The number of hydrogen-bond acceptors (Lipinski definition) is 4. The average molecular weight is 263 g/mol. The molecule has 1 fully saturated rings. The van der Waals surface area contributed by atoms with Crippen molar-refractivity contribution in [2.24, 2.45) is 5.92 Å². The zero-order valence-corrected chi connectivity index (χ0v) is 11.3. The zero-order valence-electron chi connectivity index (χ0n) is 11.3. The van der Waals surface area contributed by atoms with E-state index in [-0.39, 0.29) is 5.69 Å². The number of hydrogen-bond donors (Lipinski definition) is 2. The summed E-state index contributed by atoms with van der Waals surface area (Å²) in [5.74, 6) is 0.214. The van der Waals surface area contributed by atoms with Gasteiger partial charge in [0.05, 0.1) is 5.69 Å². The SMILES string of the molecule is CN(CC1CCCCC1)c1nc(C(=O)O)ccc1N. The zero-order chi connectivity index (χ0) is 13.8. The molecule has 0 amide bonds. The van der Waals surface area contributed by atoms with Gasteiger partial charge in [0.25, 0.3) is 0 Å². The Morgan fingerprint density at radius 3 is 2.74 bits per heavy atom. The molecule has 0 radical (unpaired) electrons. The van der Waals surface area contributed by atoms with E-state index in [4.69, 9.17) is 10.8 Å². The fourth-order valence-electron chi connectivity index (χ4n) is 2.73. The summed E-state index contributed by atoms with van der Waals surface area (Å²) in [4.78, 5) is 17.1. The number of pyridine rings is 1. The summed E-state index contributed by atoms with van der Waals surface area (Å²) in [7, 11) is 1.93. The number of carboxylic acid groups (broad SMARTS) is 1. The van der Waals surface area contributed by atoms with Crippen LogP contribution in [-0.4, -0.2) is 29.7 Å². The highest BCUT2D eigenvalue weighted by molar-refractivity contribution is 5.86. The number of nitrogens with two attached hydrogens (primary N) is 1. The van der Waals surface area contributed by atoms with Crippen LogP contribution in [0.5, 0.6) is 0 Å². The fourth-order valence-corrected chi connectivity index (χ4v) is 2.73. The second kappa shape index (κ2) is 5.91. The third-order valence-corrected chi connectivity index (χ3v) is 3.74. The lowest BCUT2D eigenvalue weighted by atomic mass is 9.89. The van der Waals surface area contributed by atoms with E-state index >= 15 is 0 Å². The topological polar surface area (TPSA) is 79.5 Å². The molecule has 2 rings (SSSR count). The summed E-state index contributed by atoms with van der Waals surface area (Å²) in [5, 5.41) is 8.98. The summed E-state index contributed by atoms with van der Waals surface area (Å²) >= 11 is 0. The van der Waals surface area contributed by atoms with Crippen molar-refractivity contribution >= 4 is 17.5 Å². The Morgan fingerprint density at radius 2 is 2.11 bits per heavy atom. The molecule has 3 N–H and O–H groups in total.